The van der Waals surface area contributed by atoms with Gasteiger partial charge in [0.15, 0.2) is 0 Å². The van der Waals surface area contributed by atoms with E-state index in [9.17, 15) is 0 Å². The highest BCUT2D eigenvalue weighted by molar-refractivity contribution is 6.15. The third kappa shape index (κ3) is 7.45. The SMILES string of the molecule is Cc1c(C)n(-c2ccc(N(c3ccccc3)c3ccccc3)cc2)c2cc3c(C(C)(C)C)c4cc5c(C)c(C)n(-c6ccc(N(c7ccccc7)c7ccccc7)cc6)c5cc4c(C(C)(C)C)c3cc12. The Bertz CT molecular complexity index is 3390. The quantitative estimate of drug-likeness (QED) is 0.141. The van der Waals surface area contributed by atoms with Gasteiger partial charge in [-0.25, -0.2) is 0 Å². The molecule has 0 aliphatic rings. The Morgan fingerprint density at radius 1 is 0.300 bits per heavy atom. The molecule has 11 rings (SSSR count). The van der Waals surface area contributed by atoms with E-state index in [0.717, 1.165) is 45.5 Å². The van der Waals surface area contributed by atoms with E-state index >= 15 is 0 Å². The van der Waals surface area contributed by atoms with Crippen LogP contribution in [-0.2, 0) is 10.8 Å². The van der Waals surface area contributed by atoms with Gasteiger partial charge in [-0.1, -0.05) is 114 Å². The fourth-order valence-electron chi connectivity index (χ4n) is 11.3. The van der Waals surface area contributed by atoms with Crippen LogP contribution in [0.2, 0.25) is 0 Å². The Morgan fingerprint density at radius 3 is 0.829 bits per heavy atom. The van der Waals surface area contributed by atoms with Crippen LogP contribution >= 0.6 is 0 Å². The summed E-state index contributed by atoms with van der Waals surface area (Å²) in [7, 11) is 0. The molecule has 346 valence electrons. The summed E-state index contributed by atoms with van der Waals surface area (Å²) in [5, 5.41) is 7.93. The zero-order chi connectivity index (χ0) is 48.6. The van der Waals surface area contributed by atoms with Gasteiger partial charge in [0.1, 0.15) is 0 Å². The van der Waals surface area contributed by atoms with E-state index in [-0.39, 0.29) is 10.8 Å². The fraction of sp³-hybridized carbons (Fsp3) is 0.182. The molecule has 0 amide bonds. The molecule has 0 spiro atoms. The van der Waals surface area contributed by atoms with Crippen LogP contribution in [0.25, 0.3) is 54.7 Å². The Labute approximate surface area is 413 Å². The maximum Gasteiger partial charge on any atom is 0.0540 e. The van der Waals surface area contributed by atoms with Crippen LogP contribution in [0.1, 0.15) is 75.2 Å². The van der Waals surface area contributed by atoms with Crippen LogP contribution in [0.4, 0.5) is 34.1 Å². The van der Waals surface area contributed by atoms with Crippen LogP contribution in [0.15, 0.2) is 194 Å². The second kappa shape index (κ2) is 17.0. The van der Waals surface area contributed by atoms with Crippen molar-refractivity contribution in [3.63, 3.8) is 0 Å². The van der Waals surface area contributed by atoms with Crippen LogP contribution in [0, 0.1) is 27.7 Å². The number of aromatic nitrogens is 2. The summed E-state index contributed by atoms with van der Waals surface area (Å²) < 4.78 is 4.97. The van der Waals surface area contributed by atoms with Crippen molar-refractivity contribution in [2.75, 3.05) is 9.80 Å². The molecule has 2 aromatic heterocycles. The number of benzene rings is 9. The smallest absolute Gasteiger partial charge is 0.0540 e. The Balaban J connectivity index is 1.10. The number of hydrogen-bond donors (Lipinski definition) is 0. The first kappa shape index (κ1) is 44.7. The van der Waals surface area contributed by atoms with Crippen molar-refractivity contribution in [2.24, 2.45) is 0 Å². The molecule has 0 aliphatic heterocycles. The molecule has 4 nitrogen and oxygen atoms in total. The van der Waals surface area contributed by atoms with Gasteiger partial charge in [-0.05, 0) is 204 Å². The minimum Gasteiger partial charge on any atom is -0.314 e. The van der Waals surface area contributed by atoms with Crippen LogP contribution < -0.4 is 9.80 Å². The molecule has 4 heteroatoms. The highest BCUT2D eigenvalue weighted by atomic mass is 15.1. The number of anilines is 6. The van der Waals surface area contributed by atoms with Crippen molar-refractivity contribution in [3.05, 3.63) is 228 Å². The molecule has 0 bridgehead atoms. The van der Waals surface area contributed by atoms with Crippen molar-refractivity contribution in [3.8, 4) is 11.4 Å². The molecule has 0 unspecified atom stereocenters. The van der Waals surface area contributed by atoms with Crippen LogP contribution in [-0.4, -0.2) is 9.13 Å². The lowest BCUT2D eigenvalue weighted by molar-refractivity contribution is 0.593. The Morgan fingerprint density at radius 2 is 0.557 bits per heavy atom. The van der Waals surface area contributed by atoms with E-state index in [0.29, 0.717) is 0 Å². The lowest BCUT2D eigenvalue weighted by Gasteiger charge is -2.31. The van der Waals surface area contributed by atoms with E-state index in [2.05, 4.69) is 282 Å². The summed E-state index contributed by atoms with van der Waals surface area (Å²) in [6.45, 7) is 23.5. The molecule has 9 aromatic carbocycles. The molecule has 70 heavy (non-hydrogen) atoms. The first-order valence-corrected chi connectivity index (χ1v) is 24.8. The maximum absolute atomic E-state index is 2.53. The highest BCUT2D eigenvalue weighted by Crippen LogP contribution is 2.48. The normalized spacial score (nSPS) is 12.1. The zero-order valence-corrected chi connectivity index (χ0v) is 42.3. The molecule has 0 fully saturated rings. The average Bonchev–Trinajstić information content (AvgIpc) is 3.75. The summed E-state index contributed by atoms with van der Waals surface area (Å²) in [5.74, 6) is 0. The van der Waals surface area contributed by atoms with Crippen molar-refractivity contribution < 1.29 is 0 Å². The third-order valence-electron chi connectivity index (χ3n) is 14.7. The van der Waals surface area contributed by atoms with Crippen LogP contribution in [0.3, 0.4) is 0 Å². The minimum atomic E-state index is -0.152. The third-order valence-corrected chi connectivity index (χ3v) is 14.7. The number of nitrogens with zero attached hydrogens (tertiary/aromatic N) is 4. The Hall–Kier alpha value is -7.82. The lowest BCUT2D eigenvalue weighted by Crippen LogP contribution is -2.18. The second-order valence-electron chi connectivity index (χ2n) is 21.2. The van der Waals surface area contributed by atoms with Crippen molar-refractivity contribution >= 4 is 77.5 Å². The predicted molar refractivity (Wildman–Crippen MR) is 301 cm³/mol. The molecule has 0 saturated heterocycles. The first-order chi connectivity index (χ1) is 33.7. The molecule has 0 N–H and O–H groups in total. The molecular formula is C66H62N4. The van der Waals surface area contributed by atoms with E-state index in [1.165, 1.54) is 77.0 Å². The van der Waals surface area contributed by atoms with Crippen molar-refractivity contribution in [2.45, 2.75) is 80.1 Å². The highest BCUT2D eigenvalue weighted by Gasteiger charge is 2.30. The fourth-order valence-corrected chi connectivity index (χ4v) is 11.3. The molecule has 0 radical (unpaired) electrons. The number of hydrogen-bond acceptors (Lipinski definition) is 2. The number of fused-ring (bicyclic) bond motifs is 4. The maximum atomic E-state index is 2.53. The molecule has 2 heterocycles. The summed E-state index contributed by atoms with van der Waals surface area (Å²) in [6.07, 6.45) is 0. The second-order valence-corrected chi connectivity index (χ2v) is 21.2. The monoisotopic (exact) mass is 910 g/mol. The van der Waals surface area contributed by atoms with E-state index < -0.39 is 0 Å². The van der Waals surface area contributed by atoms with Gasteiger partial charge < -0.3 is 18.9 Å². The Kier molecular flexibility index (Phi) is 10.8. The van der Waals surface area contributed by atoms with Crippen molar-refractivity contribution in [1.29, 1.82) is 0 Å². The number of para-hydroxylation sites is 4. The topological polar surface area (TPSA) is 16.3 Å². The average molecular weight is 911 g/mol. The van der Waals surface area contributed by atoms with Gasteiger partial charge in [-0.3, -0.25) is 0 Å². The molecule has 0 saturated carbocycles. The summed E-state index contributed by atoms with van der Waals surface area (Å²) >= 11 is 0. The molecule has 0 atom stereocenters. The summed E-state index contributed by atoms with van der Waals surface area (Å²) in [5.41, 5.74) is 19.2. The first-order valence-electron chi connectivity index (χ1n) is 24.8. The number of rotatable bonds is 8. The van der Waals surface area contributed by atoms with Crippen molar-refractivity contribution in [1.82, 2.24) is 9.13 Å². The molecule has 0 aliphatic carbocycles. The minimum absolute atomic E-state index is 0.152. The van der Waals surface area contributed by atoms with Gasteiger partial charge in [0, 0.05) is 67.7 Å². The van der Waals surface area contributed by atoms with E-state index in [1.807, 2.05) is 0 Å². The summed E-state index contributed by atoms with van der Waals surface area (Å²) in [6, 6.07) is 70.9. The summed E-state index contributed by atoms with van der Waals surface area (Å²) in [4.78, 5) is 4.66. The predicted octanol–water partition coefficient (Wildman–Crippen LogP) is 18.6. The molecular weight excluding hydrogens is 849 g/mol. The van der Waals surface area contributed by atoms with Gasteiger partial charge in [-0.15, -0.1) is 0 Å². The number of aryl methyl sites for hydroxylation is 2. The largest absolute Gasteiger partial charge is 0.314 e. The van der Waals surface area contributed by atoms with E-state index in [1.54, 1.807) is 0 Å². The van der Waals surface area contributed by atoms with Crippen LogP contribution in [0.5, 0.6) is 0 Å². The van der Waals surface area contributed by atoms with E-state index in [4.69, 9.17) is 0 Å². The molecule has 11 aromatic rings. The van der Waals surface area contributed by atoms with Gasteiger partial charge in [-0.2, -0.15) is 0 Å². The van der Waals surface area contributed by atoms with Gasteiger partial charge >= 0.3 is 0 Å². The van der Waals surface area contributed by atoms with Gasteiger partial charge in [0.05, 0.1) is 11.0 Å². The van der Waals surface area contributed by atoms with Gasteiger partial charge in [0.2, 0.25) is 0 Å². The standard InChI is InChI=1S/C66H62N4/c1-43-45(3)67(51-31-35-53(36-32-51)69(47-23-15-11-16-24-47)48-25-17-12-18-26-48)61-41-59-57(39-55(43)61)63(65(5,6)7)60-42-62-56(40-58(60)64(59)66(8,9)10)44(2)46(4)68(62)52-33-37-54(38-34-52)70(49-27-19-13-20-28-49)50-29-21-14-22-30-50/h11-42H,1-10H3. The zero-order valence-electron chi connectivity index (χ0n) is 42.3. The lowest BCUT2D eigenvalue weighted by atomic mass is 9.73. The van der Waals surface area contributed by atoms with Gasteiger partial charge in [0.25, 0.3) is 0 Å².